The van der Waals surface area contributed by atoms with E-state index >= 15 is 0 Å². The molecule has 0 radical (unpaired) electrons. The van der Waals surface area contributed by atoms with Crippen LogP contribution in [0.2, 0.25) is 0 Å². The van der Waals surface area contributed by atoms with Crippen molar-refractivity contribution >= 4 is 39.0 Å². The summed E-state index contributed by atoms with van der Waals surface area (Å²) in [6.45, 7) is 1.86. The van der Waals surface area contributed by atoms with Gasteiger partial charge >= 0.3 is 0 Å². The summed E-state index contributed by atoms with van der Waals surface area (Å²) < 4.78 is 0.930. The lowest BCUT2D eigenvalue weighted by atomic mass is 9.85. The number of Topliss-reactive ketones (excluding diaryl/α,β-unsaturated/α-hetero) is 1. The molecule has 1 aliphatic carbocycles. The molecule has 1 aliphatic heterocycles. The number of benzene rings is 2. The topological polar surface area (TPSA) is 49.4 Å². The Labute approximate surface area is 167 Å². The average molecular weight is 425 g/mol. The summed E-state index contributed by atoms with van der Waals surface area (Å²) in [6.07, 6.45) is 2.54. The van der Waals surface area contributed by atoms with Crippen molar-refractivity contribution in [2.24, 2.45) is 0 Å². The molecule has 2 aromatic carbocycles. The maximum absolute atomic E-state index is 13.1. The van der Waals surface area contributed by atoms with Crippen molar-refractivity contribution in [2.45, 2.75) is 38.6 Å². The van der Waals surface area contributed by atoms with Crippen molar-refractivity contribution in [2.75, 3.05) is 10.2 Å². The molecule has 2 aliphatic rings. The Morgan fingerprint density at radius 1 is 1.19 bits per heavy atom. The van der Waals surface area contributed by atoms with E-state index in [1.54, 1.807) is 4.90 Å². The Balaban J connectivity index is 2.01. The van der Waals surface area contributed by atoms with Crippen molar-refractivity contribution < 1.29 is 9.59 Å². The van der Waals surface area contributed by atoms with Gasteiger partial charge in [0.25, 0.3) is 0 Å². The van der Waals surface area contributed by atoms with E-state index in [9.17, 15) is 9.59 Å². The molecule has 0 spiro atoms. The summed E-state index contributed by atoms with van der Waals surface area (Å²) in [4.78, 5) is 27.9. The summed E-state index contributed by atoms with van der Waals surface area (Å²) in [5, 5.41) is 3.47. The number of fused-ring (bicyclic) bond motifs is 1. The number of hydrogen-bond acceptors (Lipinski definition) is 3. The zero-order valence-corrected chi connectivity index (χ0v) is 16.8. The number of carbonyl (C=O) groups is 2. The van der Waals surface area contributed by atoms with E-state index < -0.39 is 6.04 Å². The van der Waals surface area contributed by atoms with E-state index in [4.69, 9.17) is 0 Å². The molecular weight excluding hydrogens is 404 g/mol. The van der Waals surface area contributed by atoms with Crippen LogP contribution in [0.4, 0.5) is 11.4 Å². The number of anilines is 2. The second-order valence-electron chi connectivity index (χ2n) is 6.89. The molecule has 4 nitrogen and oxygen atoms in total. The Morgan fingerprint density at radius 2 is 2.00 bits per heavy atom. The van der Waals surface area contributed by atoms with Crippen LogP contribution in [0.1, 0.15) is 44.2 Å². The van der Waals surface area contributed by atoms with Crippen LogP contribution in [0.15, 0.2) is 64.3 Å². The number of amides is 1. The first-order chi connectivity index (χ1) is 13.1. The fourth-order valence-electron chi connectivity index (χ4n) is 3.97. The number of nitrogens with one attached hydrogen (secondary N) is 1. The molecule has 1 N–H and O–H groups in total. The number of para-hydroxylation sites is 2. The number of carbonyl (C=O) groups excluding carboxylic acids is 2. The van der Waals surface area contributed by atoms with E-state index in [1.165, 1.54) is 0 Å². The second-order valence-corrected chi connectivity index (χ2v) is 7.80. The quantitative estimate of drug-likeness (QED) is 0.704. The normalized spacial score (nSPS) is 19.1. The van der Waals surface area contributed by atoms with Gasteiger partial charge < -0.3 is 5.32 Å². The zero-order chi connectivity index (χ0) is 19.0. The monoisotopic (exact) mass is 424 g/mol. The van der Waals surface area contributed by atoms with Crippen LogP contribution < -0.4 is 10.2 Å². The minimum atomic E-state index is -0.422. The lowest BCUT2D eigenvalue weighted by molar-refractivity contribution is -0.118. The number of hydrogen-bond donors (Lipinski definition) is 1. The molecule has 1 heterocycles. The van der Waals surface area contributed by atoms with Crippen LogP contribution in [-0.2, 0) is 9.59 Å². The molecule has 0 bridgehead atoms. The predicted molar refractivity (Wildman–Crippen MR) is 111 cm³/mol. The third kappa shape index (κ3) is 3.21. The number of halogens is 1. The number of rotatable bonds is 2. The predicted octanol–water partition coefficient (Wildman–Crippen LogP) is 5.37. The maximum atomic E-state index is 13.1. The van der Waals surface area contributed by atoms with Crippen LogP contribution >= 0.6 is 15.9 Å². The molecular formula is C22H21BrN2O2. The standard InChI is InChI=1S/C22H21BrN2O2/c1-2-20(27)25-18-11-4-3-9-16(18)24-17-10-6-12-19(26)21(17)22(25)14-7-5-8-15(23)13-14/h3-5,7-9,11,13,22,24H,2,6,10,12H2,1H3/t22-/m1/s1. The van der Waals surface area contributed by atoms with Crippen LogP contribution in [0.3, 0.4) is 0 Å². The highest BCUT2D eigenvalue weighted by Crippen LogP contribution is 2.45. The molecule has 0 unspecified atom stereocenters. The van der Waals surface area contributed by atoms with Gasteiger partial charge in [-0.3, -0.25) is 14.5 Å². The van der Waals surface area contributed by atoms with Crippen molar-refractivity contribution in [1.82, 2.24) is 0 Å². The Morgan fingerprint density at radius 3 is 2.78 bits per heavy atom. The van der Waals surface area contributed by atoms with E-state index in [0.717, 1.165) is 45.5 Å². The molecule has 0 saturated carbocycles. The van der Waals surface area contributed by atoms with Crippen molar-refractivity contribution in [3.63, 3.8) is 0 Å². The third-order valence-corrected chi connectivity index (χ3v) is 5.67. The van der Waals surface area contributed by atoms with E-state index in [2.05, 4.69) is 21.2 Å². The molecule has 0 aromatic heterocycles. The minimum Gasteiger partial charge on any atom is -0.357 e. The largest absolute Gasteiger partial charge is 0.357 e. The van der Waals surface area contributed by atoms with Gasteiger partial charge in [0.15, 0.2) is 5.78 Å². The maximum Gasteiger partial charge on any atom is 0.227 e. The van der Waals surface area contributed by atoms with Crippen LogP contribution in [0.25, 0.3) is 0 Å². The number of nitrogens with zero attached hydrogens (tertiary/aromatic N) is 1. The minimum absolute atomic E-state index is 0.00125. The van der Waals surface area contributed by atoms with Gasteiger partial charge in [0.05, 0.1) is 17.4 Å². The molecule has 27 heavy (non-hydrogen) atoms. The smallest absolute Gasteiger partial charge is 0.227 e. The van der Waals surface area contributed by atoms with E-state index in [-0.39, 0.29) is 11.7 Å². The Hall–Kier alpha value is -2.40. The van der Waals surface area contributed by atoms with Gasteiger partial charge in [-0.2, -0.15) is 0 Å². The zero-order valence-electron chi connectivity index (χ0n) is 15.2. The fourth-order valence-corrected chi connectivity index (χ4v) is 4.39. The first kappa shape index (κ1) is 18.0. The summed E-state index contributed by atoms with van der Waals surface area (Å²) in [6, 6.07) is 15.3. The van der Waals surface area contributed by atoms with Crippen molar-refractivity contribution in [1.29, 1.82) is 0 Å². The summed E-state index contributed by atoms with van der Waals surface area (Å²) in [5.41, 5.74) is 4.29. The van der Waals surface area contributed by atoms with Gasteiger partial charge in [-0.05, 0) is 42.7 Å². The molecule has 1 amide bonds. The van der Waals surface area contributed by atoms with Crippen LogP contribution in [0, 0.1) is 0 Å². The lowest BCUT2D eigenvalue weighted by Gasteiger charge is -2.33. The van der Waals surface area contributed by atoms with E-state index in [1.807, 2.05) is 55.5 Å². The van der Waals surface area contributed by atoms with Crippen molar-refractivity contribution in [3.8, 4) is 0 Å². The molecule has 138 valence electrons. The highest BCUT2D eigenvalue weighted by Gasteiger charge is 2.38. The Bertz CT molecular complexity index is 951. The van der Waals surface area contributed by atoms with Crippen LogP contribution in [0.5, 0.6) is 0 Å². The average Bonchev–Trinajstić information content (AvgIpc) is 2.82. The highest BCUT2D eigenvalue weighted by atomic mass is 79.9. The SMILES string of the molecule is CCC(=O)N1c2ccccc2NC2=C(C(=O)CCC2)[C@H]1c1cccc(Br)c1. The van der Waals surface area contributed by atoms with Gasteiger partial charge in [0.1, 0.15) is 0 Å². The van der Waals surface area contributed by atoms with Gasteiger partial charge in [-0.15, -0.1) is 0 Å². The van der Waals surface area contributed by atoms with Gasteiger partial charge in [0.2, 0.25) is 5.91 Å². The van der Waals surface area contributed by atoms with Gasteiger partial charge in [-0.25, -0.2) is 0 Å². The molecule has 5 heteroatoms. The summed E-state index contributed by atoms with van der Waals surface area (Å²) in [5.74, 6) is 0.122. The molecule has 4 rings (SSSR count). The number of ketones is 1. The summed E-state index contributed by atoms with van der Waals surface area (Å²) in [7, 11) is 0. The first-order valence-electron chi connectivity index (χ1n) is 9.30. The molecule has 0 fully saturated rings. The third-order valence-electron chi connectivity index (χ3n) is 5.17. The summed E-state index contributed by atoms with van der Waals surface area (Å²) >= 11 is 3.54. The highest BCUT2D eigenvalue weighted by molar-refractivity contribution is 9.10. The van der Waals surface area contributed by atoms with Gasteiger partial charge in [-0.1, -0.05) is 47.1 Å². The molecule has 1 atom stereocenters. The van der Waals surface area contributed by atoms with Gasteiger partial charge in [0, 0.05) is 28.6 Å². The number of allylic oxidation sites excluding steroid dienone is 1. The lowest BCUT2D eigenvalue weighted by Crippen LogP contribution is -2.37. The first-order valence-corrected chi connectivity index (χ1v) is 10.1. The second kappa shape index (κ2) is 7.31. The Kier molecular flexibility index (Phi) is 4.87. The fraction of sp³-hybridized carbons (Fsp3) is 0.273. The van der Waals surface area contributed by atoms with Crippen molar-refractivity contribution in [3.05, 3.63) is 69.8 Å². The van der Waals surface area contributed by atoms with Crippen LogP contribution in [-0.4, -0.2) is 11.7 Å². The van der Waals surface area contributed by atoms with E-state index in [0.29, 0.717) is 12.8 Å². The molecule has 2 aromatic rings. The molecule has 0 saturated heterocycles.